The van der Waals surface area contributed by atoms with Gasteiger partial charge in [-0.25, -0.2) is 18.2 Å². The van der Waals surface area contributed by atoms with E-state index in [-0.39, 0.29) is 25.2 Å². The van der Waals surface area contributed by atoms with Crippen LogP contribution in [-0.4, -0.2) is 31.5 Å². The van der Waals surface area contributed by atoms with Crippen LogP contribution in [0.15, 0.2) is 50.8 Å². The Morgan fingerprint density at radius 3 is 2.56 bits per heavy atom. The molecule has 0 saturated carbocycles. The Balaban J connectivity index is 2.45. The molecule has 2 heterocycles. The van der Waals surface area contributed by atoms with Gasteiger partial charge in [0, 0.05) is 17.2 Å². The average Bonchev–Trinajstić information content (AvgIpc) is 2.99. The molecular weight excluding hydrogens is 476 g/mol. The van der Waals surface area contributed by atoms with Gasteiger partial charge in [-0.2, -0.15) is 0 Å². The topological polar surface area (TPSA) is 89.1 Å². The number of hydrogen-bond acceptors (Lipinski definition) is 5. The Hall–Kier alpha value is -1.71. The van der Waals surface area contributed by atoms with Gasteiger partial charge in [-0.15, -0.1) is 0 Å². The molecule has 6 nitrogen and oxygen atoms in total. The lowest BCUT2D eigenvalue weighted by Gasteiger charge is -2.09. The molecule has 0 aliphatic heterocycles. The number of halogens is 2. The van der Waals surface area contributed by atoms with E-state index in [0.717, 1.165) is 0 Å². The SMILES string of the molecule is COC(=O)c1c(CBr)[nH]c2ncc(Br)c(S(=O)(=O)c3ccccc3)c12. The quantitative estimate of drug-likeness (QED) is 0.446. The Morgan fingerprint density at radius 1 is 1.28 bits per heavy atom. The molecule has 130 valence electrons. The minimum Gasteiger partial charge on any atom is -0.465 e. The zero-order chi connectivity index (χ0) is 18.2. The number of H-pyrrole nitrogens is 1. The van der Waals surface area contributed by atoms with Gasteiger partial charge in [0.25, 0.3) is 0 Å². The first-order valence-electron chi connectivity index (χ1n) is 7.05. The predicted octanol–water partition coefficient (Wildman–Crippen LogP) is 3.84. The molecule has 3 rings (SSSR count). The number of sulfone groups is 1. The zero-order valence-corrected chi connectivity index (χ0v) is 16.9. The van der Waals surface area contributed by atoms with E-state index in [9.17, 15) is 13.2 Å². The monoisotopic (exact) mass is 486 g/mol. The van der Waals surface area contributed by atoms with Crippen LogP contribution < -0.4 is 0 Å². The number of ether oxygens (including phenoxy) is 1. The Bertz CT molecular complexity index is 1060. The van der Waals surface area contributed by atoms with Crippen LogP contribution in [-0.2, 0) is 19.9 Å². The van der Waals surface area contributed by atoms with E-state index in [1.165, 1.54) is 25.4 Å². The highest BCUT2D eigenvalue weighted by atomic mass is 79.9. The standard InChI is InChI=1S/C16H12Br2N2O4S/c1-24-16(21)12-11(7-17)20-15-13(12)14(10(18)8-19-15)25(22,23)9-5-3-2-4-6-9/h2-6,8H,7H2,1H3,(H,19,20). The predicted molar refractivity (Wildman–Crippen MR) is 99.7 cm³/mol. The van der Waals surface area contributed by atoms with Crippen LogP contribution in [0.3, 0.4) is 0 Å². The van der Waals surface area contributed by atoms with Crippen molar-refractivity contribution in [1.29, 1.82) is 0 Å². The fourth-order valence-corrected chi connectivity index (χ4v) is 5.45. The summed E-state index contributed by atoms with van der Waals surface area (Å²) >= 11 is 6.56. The molecular formula is C16H12Br2N2O4S. The summed E-state index contributed by atoms with van der Waals surface area (Å²) < 4.78 is 31.5. The second kappa shape index (κ2) is 6.89. The van der Waals surface area contributed by atoms with Crippen molar-refractivity contribution in [2.75, 3.05) is 7.11 Å². The van der Waals surface area contributed by atoms with Gasteiger partial charge in [-0.3, -0.25) is 0 Å². The summed E-state index contributed by atoms with van der Waals surface area (Å²) in [5.41, 5.74) is 0.946. The largest absolute Gasteiger partial charge is 0.465 e. The summed E-state index contributed by atoms with van der Waals surface area (Å²) in [6.07, 6.45) is 1.40. The molecule has 1 N–H and O–H groups in total. The maximum atomic E-state index is 13.2. The maximum absolute atomic E-state index is 13.2. The van der Waals surface area contributed by atoms with Crippen molar-refractivity contribution in [3.8, 4) is 0 Å². The molecule has 3 aromatic rings. The van der Waals surface area contributed by atoms with E-state index in [2.05, 4.69) is 41.8 Å². The minimum atomic E-state index is -3.89. The number of nitrogens with one attached hydrogen (secondary N) is 1. The summed E-state index contributed by atoms with van der Waals surface area (Å²) in [4.78, 5) is 19.6. The zero-order valence-electron chi connectivity index (χ0n) is 12.9. The Kier molecular flexibility index (Phi) is 4.99. The fourth-order valence-electron chi connectivity index (χ4n) is 2.56. The van der Waals surface area contributed by atoms with Gasteiger partial charge in [0.1, 0.15) is 5.65 Å². The fraction of sp³-hybridized carbons (Fsp3) is 0.125. The number of aromatic amines is 1. The molecule has 9 heteroatoms. The molecule has 1 aromatic carbocycles. The first kappa shape index (κ1) is 18.1. The molecule has 0 spiro atoms. The van der Waals surface area contributed by atoms with Crippen molar-refractivity contribution in [3.63, 3.8) is 0 Å². The molecule has 0 atom stereocenters. The van der Waals surface area contributed by atoms with Crippen molar-refractivity contribution in [1.82, 2.24) is 9.97 Å². The Labute approximate surface area is 160 Å². The summed E-state index contributed by atoms with van der Waals surface area (Å²) in [5, 5.41) is 0.524. The van der Waals surface area contributed by atoms with E-state index < -0.39 is 15.8 Å². The number of carbonyl (C=O) groups is 1. The number of hydrogen-bond donors (Lipinski definition) is 1. The van der Waals surface area contributed by atoms with E-state index in [4.69, 9.17) is 4.74 Å². The third kappa shape index (κ3) is 3.00. The number of methoxy groups -OCH3 is 1. The van der Waals surface area contributed by atoms with Gasteiger partial charge >= 0.3 is 5.97 Å². The van der Waals surface area contributed by atoms with Crippen LogP contribution in [0.4, 0.5) is 0 Å². The van der Waals surface area contributed by atoms with Crippen LogP contribution in [0.1, 0.15) is 16.1 Å². The maximum Gasteiger partial charge on any atom is 0.340 e. The number of nitrogens with zero attached hydrogens (tertiary/aromatic N) is 1. The number of benzene rings is 1. The van der Waals surface area contributed by atoms with Crippen LogP contribution in [0.25, 0.3) is 11.0 Å². The van der Waals surface area contributed by atoms with Crippen molar-refractivity contribution in [3.05, 3.63) is 52.3 Å². The summed E-state index contributed by atoms with van der Waals surface area (Å²) in [5.74, 6) is -0.634. The number of carbonyl (C=O) groups excluding carboxylic acids is 1. The Morgan fingerprint density at radius 2 is 1.96 bits per heavy atom. The summed E-state index contributed by atoms with van der Waals surface area (Å²) in [6, 6.07) is 8.02. The minimum absolute atomic E-state index is 0.0208. The molecule has 25 heavy (non-hydrogen) atoms. The summed E-state index contributed by atoms with van der Waals surface area (Å²) in [7, 11) is -2.64. The number of rotatable bonds is 4. The lowest BCUT2D eigenvalue weighted by atomic mass is 10.2. The van der Waals surface area contributed by atoms with Crippen molar-refractivity contribution >= 4 is 58.7 Å². The molecule has 0 radical (unpaired) electrons. The third-order valence-electron chi connectivity index (χ3n) is 3.65. The van der Waals surface area contributed by atoms with Crippen LogP contribution in [0.2, 0.25) is 0 Å². The molecule has 0 aliphatic carbocycles. The van der Waals surface area contributed by atoms with Gasteiger partial charge in [-0.1, -0.05) is 34.1 Å². The van der Waals surface area contributed by atoms with Crippen molar-refractivity contribution in [2.45, 2.75) is 15.1 Å². The van der Waals surface area contributed by atoms with Crippen molar-refractivity contribution in [2.24, 2.45) is 0 Å². The molecule has 2 aromatic heterocycles. The highest BCUT2D eigenvalue weighted by molar-refractivity contribution is 9.10. The third-order valence-corrected chi connectivity index (χ3v) is 6.93. The number of aromatic nitrogens is 2. The van der Waals surface area contributed by atoms with Crippen LogP contribution >= 0.6 is 31.9 Å². The number of fused-ring (bicyclic) bond motifs is 1. The lowest BCUT2D eigenvalue weighted by Crippen LogP contribution is -2.08. The second-order valence-corrected chi connectivity index (χ2v) is 8.38. The van der Waals surface area contributed by atoms with Gasteiger partial charge in [0.05, 0.1) is 32.3 Å². The van der Waals surface area contributed by atoms with E-state index in [1.807, 2.05) is 0 Å². The van der Waals surface area contributed by atoms with Crippen molar-refractivity contribution < 1.29 is 17.9 Å². The van der Waals surface area contributed by atoms with E-state index in [0.29, 0.717) is 16.7 Å². The highest BCUT2D eigenvalue weighted by Gasteiger charge is 2.30. The lowest BCUT2D eigenvalue weighted by molar-refractivity contribution is 0.0602. The molecule has 0 saturated heterocycles. The first-order valence-corrected chi connectivity index (χ1v) is 10.4. The molecule has 0 bridgehead atoms. The van der Waals surface area contributed by atoms with Crippen LogP contribution in [0.5, 0.6) is 0 Å². The van der Waals surface area contributed by atoms with Gasteiger partial charge in [-0.05, 0) is 28.1 Å². The van der Waals surface area contributed by atoms with E-state index in [1.54, 1.807) is 18.2 Å². The van der Waals surface area contributed by atoms with Crippen LogP contribution in [0, 0.1) is 0 Å². The molecule has 0 fully saturated rings. The smallest absolute Gasteiger partial charge is 0.340 e. The first-order chi connectivity index (χ1) is 11.9. The number of pyridine rings is 1. The highest BCUT2D eigenvalue weighted by Crippen LogP contribution is 2.37. The van der Waals surface area contributed by atoms with E-state index >= 15 is 0 Å². The molecule has 0 unspecified atom stereocenters. The normalized spacial score (nSPS) is 11.6. The van der Waals surface area contributed by atoms with Gasteiger partial charge in [0.2, 0.25) is 9.84 Å². The summed E-state index contributed by atoms with van der Waals surface area (Å²) in [6.45, 7) is 0. The number of alkyl halides is 1. The molecule has 0 amide bonds. The molecule has 0 aliphatic rings. The van der Waals surface area contributed by atoms with Gasteiger partial charge < -0.3 is 9.72 Å². The average molecular weight is 488 g/mol. The van der Waals surface area contributed by atoms with Gasteiger partial charge in [0.15, 0.2) is 0 Å². The second-order valence-electron chi connectivity index (χ2n) is 5.08. The number of esters is 1.